The summed E-state index contributed by atoms with van der Waals surface area (Å²) in [7, 11) is 0. The lowest BCUT2D eigenvalue weighted by Crippen LogP contribution is -1.97. The molecule has 2 rings (SSSR count). The van der Waals surface area contributed by atoms with Gasteiger partial charge in [0.2, 0.25) is 0 Å². The maximum atomic E-state index is 10.5. The maximum absolute atomic E-state index is 10.5. The van der Waals surface area contributed by atoms with Crippen LogP contribution in [0, 0.1) is 13.8 Å². The summed E-state index contributed by atoms with van der Waals surface area (Å²) in [5.74, 6) is -2.12. The third-order valence-electron chi connectivity index (χ3n) is 2.87. The third kappa shape index (κ3) is 4.24. The topological polar surface area (TPSA) is 115 Å². The Hall–Kier alpha value is -3.02. The van der Waals surface area contributed by atoms with Gasteiger partial charge in [-0.3, -0.25) is 0 Å². The summed E-state index contributed by atoms with van der Waals surface area (Å²) >= 11 is 0. The van der Waals surface area contributed by atoms with Crippen LogP contribution >= 0.6 is 0 Å². The first kappa shape index (κ1) is 17.0. The van der Waals surface area contributed by atoms with Crippen LogP contribution in [0.2, 0.25) is 0 Å². The predicted octanol–water partition coefficient (Wildman–Crippen LogP) is 2.80. The molecule has 0 aliphatic carbocycles. The Bertz CT molecular complexity index is 683. The van der Waals surface area contributed by atoms with Gasteiger partial charge in [0.1, 0.15) is 17.1 Å². The Morgan fingerprint density at radius 1 is 0.864 bits per heavy atom. The van der Waals surface area contributed by atoms with Gasteiger partial charge in [-0.05, 0) is 49.2 Å². The molecule has 0 atom stereocenters. The first-order chi connectivity index (χ1) is 10.2. The van der Waals surface area contributed by atoms with Crippen LogP contribution in [0.4, 0.5) is 0 Å². The molecular weight excluding hydrogens is 288 g/mol. The molecule has 6 heteroatoms. The molecule has 0 aromatic heterocycles. The fourth-order valence-corrected chi connectivity index (χ4v) is 1.73. The molecular formula is C16H16O6. The minimum atomic E-state index is -1.11. The number of hydrogen-bond donors (Lipinski definition) is 4. The van der Waals surface area contributed by atoms with E-state index in [1.54, 1.807) is 26.0 Å². The van der Waals surface area contributed by atoms with Crippen LogP contribution in [-0.4, -0.2) is 32.4 Å². The van der Waals surface area contributed by atoms with Crippen LogP contribution in [0.15, 0.2) is 36.4 Å². The SMILES string of the molecule is Cc1cc(C(=O)O)cc(C)c1O.O=C(O)c1ccccc1O. The Balaban J connectivity index is 0.000000224. The number of carbonyl (C=O) groups is 2. The summed E-state index contributed by atoms with van der Waals surface area (Å²) in [4.78, 5) is 20.8. The fourth-order valence-electron chi connectivity index (χ4n) is 1.73. The number of phenolic OH excluding ortho intramolecular Hbond substituents is 1. The van der Waals surface area contributed by atoms with Crippen molar-refractivity contribution in [2.75, 3.05) is 0 Å². The number of phenols is 2. The van der Waals surface area contributed by atoms with E-state index < -0.39 is 11.9 Å². The second-order valence-electron chi connectivity index (χ2n) is 4.59. The first-order valence-corrected chi connectivity index (χ1v) is 6.28. The van der Waals surface area contributed by atoms with Crippen molar-refractivity contribution in [3.8, 4) is 11.5 Å². The van der Waals surface area contributed by atoms with Gasteiger partial charge >= 0.3 is 11.9 Å². The van der Waals surface area contributed by atoms with Crippen molar-refractivity contribution in [2.45, 2.75) is 13.8 Å². The van der Waals surface area contributed by atoms with E-state index in [0.717, 1.165) is 0 Å². The van der Waals surface area contributed by atoms with Gasteiger partial charge in [0.05, 0.1) is 5.56 Å². The van der Waals surface area contributed by atoms with E-state index in [0.29, 0.717) is 11.1 Å². The molecule has 2 aromatic carbocycles. The number of rotatable bonds is 2. The highest BCUT2D eigenvalue weighted by Gasteiger charge is 2.07. The molecule has 0 amide bonds. The number of carboxylic acid groups (broad SMARTS) is 2. The largest absolute Gasteiger partial charge is 0.507 e. The van der Waals surface area contributed by atoms with Crippen molar-refractivity contribution in [1.29, 1.82) is 0 Å². The zero-order chi connectivity index (χ0) is 16.9. The number of aryl methyl sites for hydroxylation is 2. The Morgan fingerprint density at radius 3 is 1.73 bits per heavy atom. The van der Waals surface area contributed by atoms with E-state index in [-0.39, 0.29) is 22.6 Å². The average Bonchev–Trinajstić information content (AvgIpc) is 2.45. The van der Waals surface area contributed by atoms with Crippen LogP contribution in [-0.2, 0) is 0 Å². The molecule has 6 nitrogen and oxygen atoms in total. The lowest BCUT2D eigenvalue weighted by molar-refractivity contribution is 0.0684. The molecule has 0 unspecified atom stereocenters. The molecule has 0 aliphatic heterocycles. The molecule has 4 N–H and O–H groups in total. The normalized spacial score (nSPS) is 9.55. The molecule has 0 saturated carbocycles. The number of carboxylic acids is 2. The number of para-hydroxylation sites is 1. The number of aromatic carboxylic acids is 2. The predicted molar refractivity (Wildman–Crippen MR) is 79.6 cm³/mol. The van der Waals surface area contributed by atoms with Crippen LogP contribution in [0.25, 0.3) is 0 Å². The minimum absolute atomic E-state index is 0.0671. The van der Waals surface area contributed by atoms with Gasteiger partial charge in [0.15, 0.2) is 0 Å². The highest BCUT2D eigenvalue weighted by molar-refractivity contribution is 5.90. The van der Waals surface area contributed by atoms with E-state index in [1.807, 2.05) is 0 Å². The third-order valence-corrected chi connectivity index (χ3v) is 2.87. The Labute approximate surface area is 126 Å². The molecule has 0 radical (unpaired) electrons. The minimum Gasteiger partial charge on any atom is -0.507 e. The summed E-state index contributed by atoms with van der Waals surface area (Å²) < 4.78 is 0. The van der Waals surface area contributed by atoms with Crippen LogP contribution < -0.4 is 0 Å². The Morgan fingerprint density at radius 2 is 1.36 bits per heavy atom. The number of hydrogen-bond acceptors (Lipinski definition) is 4. The smallest absolute Gasteiger partial charge is 0.339 e. The van der Waals surface area contributed by atoms with E-state index in [1.165, 1.54) is 24.3 Å². The average molecular weight is 304 g/mol. The molecule has 0 spiro atoms. The monoisotopic (exact) mass is 304 g/mol. The van der Waals surface area contributed by atoms with Gasteiger partial charge in [0, 0.05) is 0 Å². The van der Waals surface area contributed by atoms with Gasteiger partial charge in [0.25, 0.3) is 0 Å². The second kappa shape index (κ2) is 7.12. The summed E-state index contributed by atoms with van der Waals surface area (Å²) in [5, 5.41) is 35.3. The second-order valence-corrected chi connectivity index (χ2v) is 4.59. The van der Waals surface area contributed by atoms with Crippen molar-refractivity contribution < 1.29 is 30.0 Å². The van der Waals surface area contributed by atoms with Crippen molar-refractivity contribution >= 4 is 11.9 Å². The lowest BCUT2D eigenvalue weighted by Gasteiger charge is -2.03. The van der Waals surface area contributed by atoms with E-state index in [9.17, 15) is 14.7 Å². The molecule has 0 aliphatic rings. The van der Waals surface area contributed by atoms with Gasteiger partial charge in [-0.1, -0.05) is 12.1 Å². The van der Waals surface area contributed by atoms with Gasteiger partial charge in [-0.2, -0.15) is 0 Å². The molecule has 0 fully saturated rings. The van der Waals surface area contributed by atoms with E-state index in [4.69, 9.17) is 15.3 Å². The van der Waals surface area contributed by atoms with E-state index >= 15 is 0 Å². The summed E-state index contributed by atoms with van der Waals surface area (Å²) in [6, 6.07) is 8.71. The number of benzene rings is 2. The van der Waals surface area contributed by atoms with Gasteiger partial charge in [-0.15, -0.1) is 0 Å². The van der Waals surface area contributed by atoms with Crippen LogP contribution in [0.1, 0.15) is 31.8 Å². The van der Waals surface area contributed by atoms with Gasteiger partial charge < -0.3 is 20.4 Å². The first-order valence-electron chi connectivity index (χ1n) is 6.28. The zero-order valence-electron chi connectivity index (χ0n) is 12.1. The quantitative estimate of drug-likeness (QED) is 0.678. The summed E-state index contributed by atoms with van der Waals surface area (Å²) in [6.45, 7) is 3.35. The molecule has 0 saturated heterocycles. The van der Waals surface area contributed by atoms with E-state index in [2.05, 4.69) is 0 Å². The maximum Gasteiger partial charge on any atom is 0.339 e. The summed E-state index contributed by atoms with van der Waals surface area (Å²) in [6.07, 6.45) is 0. The molecule has 0 bridgehead atoms. The summed E-state index contributed by atoms with van der Waals surface area (Å²) in [5.41, 5.74) is 1.32. The molecule has 22 heavy (non-hydrogen) atoms. The van der Waals surface area contributed by atoms with Gasteiger partial charge in [-0.25, -0.2) is 9.59 Å². The van der Waals surface area contributed by atoms with Crippen molar-refractivity contribution in [2.24, 2.45) is 0 Å². The zero-order valence-corrected chi connectivity index (χ0v) is 12.1. The highest BCUT2D eigenvalue weighted by Crippen LogP contribution is 2.22. The lowest BCUT2D eigenvalue weighted by atomic mass is 10.1. The molecule has 116 valence electrons. The highest BCUT2D eigenvalue weighted by atomic mass is 16.4. The van der Waals surface area contributed by atoms with Crippen LogP contribution in [0.5, 0.6) is 11.5 Å². The van der Waals surface area contributed by atoms with Crippen molar-refractivity contribution in [3.05, 3.63) is 58.7 Å². The fraction of sp³-hybridized carbons (Fsp3) is 0.125. The van der Waals surface area contributed by atoms with Crippen LogP contribution in [0.3, 0.4) is 0 Å². The number of aromatic hydroxyl groups is 2. The Kier molecular flexibility index (Phi) is 5.51. The van der Waals surface area contributed by atoms with Crippen molar-refractivity contribution in [3.63, 3.8) is 0 Å². The van der Waals surface area contributed by atoms with Crippen molar-refractivity contribution in [1.82, 2.24) is 0 Å². The molecule has 2 aromatic rings. The molecule has 0 heterocycles. The standard InChI is InChI=1S/C9H10O3.C7H6O3/c1-5-3-7(9(11)12)4-6(2)8(5)10;8-6-4-2-1-3-5(6)7(9)10/h3-4,10H,1-2H3,(H,11,12);1-4,8H,(H,9,10).